The van der Waals surface area contributed by atoms with Gasteiger partial charge < -0.3 is 15.2 Å². The van der Waals surface area contributed by atoms with Gasteiger partial charge in [0.15, 0.2) is 0 Å². The van der Waals surface area contributed by atoms with E-state index in [-0.39, 0.29) is 18.6 Å². The lowest BCUT2D eigenvalue weighted by atomic mass is 9.97. The number of aliphatic hydroxyl groups excluding tert-OH is 1. The fourth-order valence-electron chi connectivity index (χ4n) is 1.88. The third-order valence-electron chi connectivity index (χ3n) is 2.93. The van der Waals surface area contributed by atoms with E-state index in [1.165, 1.54) is 6.92 Å². The van der Waals surface area contributed by atoms with Crippen molar-refractivity contribution in [1.29, 1.82) is 0 Å². The van der Waals surface area contributed by atoms with Crippen LogP contribution in [0.15, 0.2) is 12.1 Å². The number of carbonyl (C=O) groups excluding carboxylic acids is 1. The van der Waals surface area contributed by atoms with E-state index in [0.717, 1.165) is 22.4 Å². The summed E-state index contributed by atoms with van der Waals surface area (Å²) in [6.45, 7) is 5.23. The Hall–Kier alpha value is -1.55. The maximum absolute atomic E-state index is 11.1. The monoisotopic (exact) mass is 237 g/mol. The average Bonchev–Trinajstić information content (AvgIpc) is 2.29. The minimum Gasteiger partial charge on any atom is -0.496 e. The maximum atomic E-state index is 11.1. The molecule has 1 aromatic rings. The summed E-state index contributed by atoms with van der Waals surface area (Å²) in [7, 11) is 1.62. The van der Waals surface area contributed by atoms with Crippen LogP contribution >= 0.6 is 0 Å². The largest absolute Gasteiger partial charge is 0.496 e. The number of rotatable bonds is 4. The van der Waals surface area contributed by atoms with Crippen molar-refractivity contribution in [2.45, 2.75) is 26.8 Å². The van der Waals surface area contributed by atoms with Crippen molar-refractivity contribution in [2.75, 3.05) is 13.7 Å². The quantitative estimate of drug-likeness (QED) is 0.834. The van der Waals surface area contributed by atoms with E-state index >= 15 is 0 Å². The zero-order valence-corrected chi connectivity index (χ0v) is 10.7. The average molecular weight is 237 g/mol. The van der Waals surface area contributed by atoms with Gasteiger partial charge in [-0.2, -0.15) is 0 Å². The Morgan fingerprint density at radius 1 is 1.41 bits per heavy atom. The number of benzene rings is 1. The zero-order valence-electron chi connectivity index (χ0n) is 10.7. The summed E-state index contributed by atoms with van der Waals surface area (Å²) in [5.74, 6) is 0.655. The summed E-state index contributed by atoms with van der Waals surface area (Å²) in [6.07, 6.45) is 0. The predicted molar refractivity (Wildman–Crippen MR) is 66.1 cm³/mol. The molecular formula is C13H19NO3. The van der Waals surface area contributed by atoms with Crippen molar-refractivity contribution in [3.63, 3.8) is 0 Å². The number of nitrogens with one attached hydrogen (secondary N) is 1. The topological polar surface area (TPSA) is 58.6 Å². The second kappa shape index (κ2) is 5.68. The molecule has 0 saturated heterocycles. The molecule has 0 bridgehead atoms. The van der Waals surface area contributed by atoms with Crippen LogP contribution in [-0.2, 0) is 4.79 Å². The maximum Gasteiger partial charge on any atom is 0.217 e. The van der Waals surface area contributed by atoms with Gasteiger partial charge in [0.1, 0.15) is 5.75 Å². The number of hydrogen-bond donors (Lipinski definition) is 2. The molecule has 17 heavy (non-hydrogen) atoms. The Balaban J connectivity index is 3.12. The van der Waals surface area contributed by atoms with Crippen LogP contribution in [0.4, 0.5) is 0 Å². The normalized spacial score (nSPS) is 12.1. The van der Waals surface area contributed by atoms with Gasteiger partial charge in [-0.15, -0.1) is 0 Å². The summed E-state index contributed by atoms with van der Waals surface area (Å²) in [6, 6.07) is 3.36. The Bertz CT molecular complexity index is 415. The number of carbonyl (C=O) groups is 1. The Kier molecular flexibility index (Phi) is 4.52. The van der Waals surface area contributed by atoms with Gasteiger partial charge in [-0.25, -0.2) is 0 Å². The van der Waals surface area contributed by atoms with Crippen molar-refractivity contribution in [3.8, 4) is 5.75 Å². The highest BCUT2D eigenvalue weighted by molar-refractivity contribution is 5.73. The van der Waals surface area contributed by atoms with E-state index in [9.17, 15) is 9.90 Å². The van der Waals surface area contributed by atoms with Crippen LogP contribution in [0, 0.1) is 13.8 Å². The number of methoxy groups -OCH3 is 1. The minimum absolute atomic E-state index is 0.119. The van der Waals surface area contributed by atoms with Crippen LogP contribution < -0.4 is 10.1 Å². The van der Waals surface area contributed by atoms with Crippen molar-refractivity contribution in [2.24, 2.45) is 0 Å². The van der Waals surface area contributed by atoms with Crippen molar-refractivity contribution < 1.29 is 14.6 Å². The lowest BCUT2D eigenvalue weighted by Crippen LogP contribution is -2.29. The van der Waals surface area contributed by atoms with Gasteiger partial charge >= 0.3 is 0 Å². The molecule has 0 aliphatic rings. The molecule has 1 amide bonds. The molecule has 2 N–H and O–H groups in total. The molecule has 0 spiro atoms. The predicted octanol–water partition coefficient (Wildman–Crippen LogP) is 1.48. The molecular weight excluding hydrogens is 218 g/mol. The molecule has 0 aliphatic heterocycles. The second-order valence-electron chi connectivity index (χ2n) is 4.04. The molecule has 0 radical (unpaired) electrons. The fourth-order valence-corrected chi connectivity index (χ4v) is 1.88. The van der Waals surface area contributed by atoms with E-state index in [2.05, 4.69) is 5.32 Å². The highest BCUT2D eigenvalue weighted by atomic mass is 16.5. The number of aliphatic hydroxyl groups is 1. The first kappa shape index (κ1) is 13.5. The van der Waals surface area contributed by atoms with Crippen molar-refractivity contribution in [3.05, 3.63) is 28.8 Å². The first-order valence-corrected chi connectivity index (χ1v) is 5.53. The molecule has 0 heterocycles. The van der Waals surface area contributed by atoms with E-state index in [1.54, 1.807) is 7.11 Å². The third-order valence-corrected chi connectivity index (χ3v) is 2.93. The lowest BCUT2D eigenvalue weighted by molar-refractivity contribution is -0.120. The Morgan fingerprint density at radius 3 is 2.53 bits per heavy atom. The summed E-state index contributed by atoms with van der Waals surface area (Å²) in [5, 5.41) is 12.0. The first-order valence-electron chi connectivity index (χ1n) is 5.53. The van der Waals surface area contributed by atoms with Gasteiger partial charge in [0, 0.05) is 6.92 Å². The van der Waals surface area contributed by atoms with Crippen LogP contribution in [0.1, 0.15) is 29.7 Å². The molecule has 4 heteroatoms. The van der Waals surface area contributed by atoms with Gasteiger partial charge in [0.05, 0.1) is 19.8 Å². The molecule has 94 valence electrons. The summed E-state index contributed by atoms with van der Waals surface area (Å²) < 4.78 is 5.23. The molecule has 0 aromatic heterocycles. The molecule has 1 unspecified atom stereocenters. The molecule has 1 rings (SSSR count). The van der Waals surface area contributed by atoms with Gasteiger partial charge in [-0.1, -0.05) is 6.07 Å². The molecule has 1 atom stereocenters. The Morgan fingerprint density at radius 2 is 2.06 bits per heavy atom. The Labute approximate surface area is 102 Å². The van der Waals surface area contributed by atoms with Crippen LogP contribution in [0.2, 0.25) is 0 Å². The molecule has 0 saturated carbocycles. The molecule has 0 aliphatic carbocycles. The number of amides is 1. The molecule has 1 aromatic carbocycles. The molecule has 0 fully saturated rings. The highest BCUT2D eigenvalue weighted by Crippen LogP contribution is 2.27. The second-order valence-corrected chi connectivity index (χ2v) is 4.04. The standard InChI is InChI=1S/C13H19NO3/c1-8-9(2)13(17-4)6-5-11(8)12(7-15)14-10(3)16/h5-6,12,15H,7H2,1-4H3,(H,14,16). The third kappa shape index (κ3) is 2.97. The van der Waals surface area contributed by atoms with Crippen LogP contribution in [-0.4, -0.2) is 24.7 Å². The van der Waals surface area contributed by atoms with Gasteiger partial charge in [-0.3, -0.25) is 4.79 Å². The van der Waals surface area contributed by atoms with E-state index < -0.39 is 0 Å². The van der Waals surface area contributed by atoms with Gasteiger partial charge in [-0.05, 0) is 36.6 Å². The zero-order chi connectivity index (χ0) is 13.0. The summed E-state index contributed by atoms with van der Waals surface area (Å²) in [4.78, 5) is 11.1. The highest BCUT2D eigenvalue weighted by Gasteiger charge is 2.16. The summed E-state index contributed by atoms with van der Waals surface area (Å²) >= 11 is 0. The van der Waals surface area contributed by atoms with E-state index in [1.807, 2.05) is 26.0 Å². The van der Waals surface area contributed by atoms with Crippen molar-refractivity contribution >= 4 is 5.91 Å². The lowest BCUT2D eigenvalue weighted by Gasteiger charge is -2.20. The van der Waals surface area contributed by atoms with E-state index in [0.29, 0.717) is 0 Å². The SMILES string of the molecule is COc1ccc(C(CO)NC(C)=O)c(C)c1C. The molecule has 4 nitrogen and oxygen atoms in total. The van der Waals surface area contributed by atoms with Gasteiger partial charge in [0.25, 0.3) is 0 Å². The van der Waals surface area contributed by atoms with Gasteiger partial charge in [0.2, 0.25) is 5.91 Å². The van der Waals surface area contributed by atoms with Crippen molar-refractivity contribution in [1.82, 2.24) is 5.32 Å². The number of hydrogen-bond acceptors (Lipinski definition) is 3. The van der Waals surface area contributed by atoms with Crippen LogP contribution in [0.3, 0.4) is 0 Å². The number of ether oxygens (including phenoxy) is 1. The summed E-state index contributed by atoms with van der Waals surface area (Å²) in [5.41, 5.74) is 2.96. The first-order chi connectivity index (χ1) is 8.01. The fraction of sp³-hybridized carbons (Fsp3) is 0.462. The van der Waals surface area contributed by atoms with E-state index in [4.69, 9.17) is 4.74 Å². The minimum atomic E-state index is -0.364. The smallest absolute Gasteiger partial charge is 0.217 e. The van der Waals surface area contributed by atoms with Crippen LogP contribution in [0.25, 0.3) is 0 Å². The van der Waals surface area contributed by atoms with Crippen LogP contribution in [0.5, 0.6) is 5.75 Å².